The molecule has 0 bridgehead atoms. The predicted molar refractivity (Wildman–Crippen MR) is 118 cm³/mol. The molecule has 3 atom stereocenters. The van der Waals surface area contributed by atoms with E-state index in [0.717, 1.165) is 11.4 Å². The Morgan fingerprint density at radius 1 is 1.12 bits per heavy atom. The smallest absolute Gasteiger partial charge is 0.327 e. The van der Waals surface area contributed by atoms with Crippen molar-refractivity contribution in [2.75, 3.05) is 6.54 Å². The van der Waals surface area contributed by atoms with E-state index in [1.165, 1.54) is 16.7 Å². The first kappa shape index (κ1) is 22.2. The van der Waals surface area contributed by atoms with E-state index in [-0.39, 0.29) is 23.7 Å². The summed E-state index contributed by atoms with van der Waals surface area (Å²) in [5, 5.41) is 12.0. The van der Waals surface area contributed by atoms with E-state index in [2.05, 4.69) is 15.3 Å². The number of nitrogens with one attached hydrogen (secondary N) is 1. The molecule has 2 aliphatic rings. The van der Waals surface area contributed by atoms with Gasteiger partial charge < -0.3 is 15.3 Å². The van der Waals surface area contributed by atoms with Crippen LogP contribution in [0.25, 0.3) is 0 Å². The van der Waals surface area contributed by atoms with Crippen LogP contribution in [0.1, 0.15) is 25.2 Å². The second-order valence-corrected chi connectivity index (χ2v) is 10.2. The van der Waals surface area contributed by atoms with Gasteiger partial charge in [-0.2, -0.15) is 0 Å². The summed E-state index contributed by atoms with van der Waals surface area (Å²) in [7, 11) is 0. The fraction of sp³-hybridized carbons (Fsp3) is 0.409. The molecule has 3 unspecified atom stereocenters. The molecule has 2 amide bonds. The quantitative estimate of drug-likeness (QED) is 0.569. The number of thioether (sulfide) groups is 1. The Balaban J connectivity index is 1.42. The van der Waals surface area contributed by atoms with Gasteiger partial charge in [0, 0.05) is 30.2 Å². The molecule has 4 heterocycles. The number of nitrogens with zero attached hydrogens (tertiary/aromatic N) is 4. The number of aliphatic carboxylic acids is 1. The van der Waals surface area contributed by atoms with Crippen molar-refractivity contribution in [1.82, 2.24) is 25.1 Å². The van der Waals surface area contributed by atoms with Crippen LogP contribution in [0.4, 0.5) is 0 Å². The number of rotatable bonds is 8. The monoisotopic (exact) mass is 455 g/mol. The number of pyridine rings is 2. The van der Waals surface area contributed by atoms with E-state index in [4.69, 9.17) is 0 Å². The number of fused-ring (bicyclic) bond motifs is 1. The third-order valence-corrected chi connectivity index (χ3v) is 7.15. The van der Waals surface area contributed by atoms with Crippen LogP contribution in [-0.4, -0.2) is 71.4 Å². The summed E-state index contributed by atoms with van der Waals surface area (Å²) in [4.78, 5) is 49.1. The molecule has 10 heteroatoms. The van der Waals surface area contributed by atoms with E-state index in [1.54, 1.807) is 12.4 Å². The minimum atomic E-state index is -1.03. The molecule has 0 aromatic carbocycles. The van der Waals surface area contributed by atoms with Crippen molar-refractivity contribution in [3.8, 4) is 0 Å². The number of hydrogen-bond donors (Lipinski definition) is 2. The maximum absolute atomic E-state index is 12.9. The normalized spacial score (nSPS) is 23.5. The number of carbonyl (C=O) groups is 3. The van der Waals surface area contributed by atoms with E-state index in [1.807, 2.05) is 55.1 Å². The van der Waals surface area contributed by atoms with Crippen LogP contribution in [0.5, 0.6) is 0 Å². The van der Waals surface area contributed by atoms with Crippen molar-refractivity contribution in [3.63, 3.8) is 0 Å². The lowest BCUT2D eigenvalue weighted by atomic mass is 9.96. The summed E-state index contributed by atoms with van der Waals surface area (Å²) in [6.07, 6.45) is 3.40. The second kappa shape index (κ2) is 8.87. The van der Waals surface area contributed by atoms with Crippen LogP contribution >= 0.6 is 11.8 Å². The highest BCUT2D eigenvalue weighted by Crippen LogP contribution is 2.50. The van der Waals surface area contributed by atoms with Gasteiger partial charge in [0.25, 0.3) is 0 Å². The highest BCUT2D eigenvalue weighted by atomic mass is 32.2. The molecule has 9 nitrogen and oxygen atoms in total. The number of hydrogen-bond acceptors (Lipinski definition) is 7. The van der Waals surface area contributed by atoms with Crippen LogP contribution in [0.3, 0.4) is 0 Å². The van der Waals surface area contributed by atoms with Gasteiger partial charge in [0.05, 0.1) is 17.9 Å². The van der Waals surface area contributed by atoms with E-state index in [9.17, 15) is 19.5 Å². The average molecular weight is 456 g/mol. The molecule has 2 aliphatic heterocycles. The Labute approximate surface area is 190 Å². The number of amides is 2. The van der Waals surface area contributed by atoms with Crippen molar-refractivity contribution < 1.29 is 19.5 Å². The Bertz CT molecular complexity index is 962. The SMILES string of the molecule is CC1(C)SC2C(NC(=O)CN(Cc3ccccn3)Cc3ccccn3)C(=O)N2C1C(=O)O. The van der Waals surface area contributed by atoms with Gasteiger partial charge in [0.15, 0.2) is 0 Å². The summed E-state index contributed by atoms with van der Waals surface area (Å²) in [5.41, 5.74) is 1.64. The van der Waals surface area contributed by atoms with Crippen molar-refractivity contribution >= 4 is 29.5 Å². The lowest BCUT2D eigenvalue weighted by Gasteiger charge is -2.43. The summed E-state index contributed by atoms with van der Waals surface area (Å²) in [5.74, 6) is -1.68. The summed E-state index contributed by atoms with van der Waals surface area (Å²) in [6, 6.07) is 9.60. The first-order valence-corrected chi connectivity index (χ1v) is 11.2. The molecule has 2 aromatic rings. The molecule has 2 saturated heterocycles. The molecule has 0 spiro atoms. The fourth-order valence-electron chi connectivity index (χ4n) is 4.18. The van der Waals surface area contributed by atoms with Gasteiger partial charge in [-0.3, -0.25) is 24.5 Å². The lowest BCUT2D eigenvalue weighted by molar-refractivity contribution is -0.161. The van der Waals surface area contributed by atoms with Gasteiger partial charge in [0.1, 0.15) is 17.5 Å². The maximum atomic E-state index is 12.9. The molecular formula is C22H25N5O4S. The first-order chi connectivity index (χ1) is 15.3. The molecule has 4 rings (SSSR count). The zero-order chi connectivity index (χ0) is 22.9. The van der Waals surface area contributed by atoms with Crippen molar-refractivity contribution in [2.45, 2.75) is 49.1 Å². The number of β-lactam (4-membered cyclic amide) rings is 1. The topological polar surface area (TPSA) is 116 Å². The Hall–Kier alpha value is -2.98. The maximum Gasteiger partial charge on any atom is 0.327 e. The minimum absolute atomic E-state index is 0.0556. The van der Waals surface area contributed by atoms with Crippen LogP contribution < -0.4 is 5.32 Å². The summed E-state index contributed by atoms with van der Waals surface area (Å²) in [6.45, 7) is 4.56. The average Bonchev–Trinajstić information content (AvgIpc) is 3.01. The van der Waals surface area contributed by atoms with Gasteiger partial charge in [-0.05, 0) is 38.1 Å². The van der Waals surface area contributed by atoms with Crippen LogP contribution in [0.15, 0.2) is 48.8 Å². The van der Waals surface area contributed by atoms with Crippen molar-refractivity contribution in [2.24, 2.45) is 0 Å². The standard InChI is InChI=1S/C22H25N5O4S/c1-22(2)18(21(30)31)27-19(29)17(20(27)32-22)25-16(28)13-26(11-14-7-3-5-9-23-14)12-15-8-4-6-10-24-15/h3-10,17-18,20H,11-13H2,1-2H3,(H,25,28)(H,30,31). The minimum Gasteiger partial charge on any atom is -0.480 e. The number of carboxylic acids is 1. The molecule has 0 aliphatic carbocycles. The third kappa shape index (κ3) is 4.46. The summed E-state index contributed by atoms with van der Waals surface area (Å²) < 4.78 is -0.629. The molecule has 2 fully saturated rings. The highest BCUT2D eigenvalue weighted by molar-refractivity contribution is 8.01. The third-order valence-electron chi connectivity index (χ3n) is 5.58. The molecule has 2 aromatic heterocycles. The molecule has 0 saturated carbocycles. The van der Waals surface area contributed by atoms with Gasteiger partial charge in [-0.1, -0.05) is 12.1 Å². The van der Waals surface area contributed by atoms with E-state index in [0.29, 0.717) is 13.1 Å². The molecule has 168 valence electrons. The van der Waals surface area contributed by atoms with E-state index >= 15 is 0 Å². The largest absolute Gasteiger partial charge is 0.480 e. The Morgan fingerprint density at radius 2 is 1.72 bits per heavy atom. The zero-order valence-electron chi connectivity index (χ0n) is 17.8. The number of carboxylic acid groups (broad SMARTS) is 1. The van der Waals surface area contributed by atoms with Crippen LogP contribution in [0, 0.1) is 0 Å². The van der Waals surface area contributed by atoms with Gasteiger partial charge in [-0.15, -0.1) is 11.8 Å². The first-order valence-electron chi connectivity index (χ1n) is 10.3. The Kier molecular flexibility index (Phi) is 6.16. The lowest BCUT2D eigenvalue weighted by Crippen LogP contribution is -2.71. The van der Waals surface area contributed by atoms with Gasteiger partial charge in [0.2, 0.25) is 11.8 Å². The second-order valence-electron chi connectivity index (χ2n) is 8.43. The zero-order valence-corrected chi connectivity index (χ0v) is 18.7. The number of carbonyl (C=O) groups excluding carboxylic acids is 2. The highest BCUT2D eigenvalue weighted by Gasteiger charge is 2.64. The van der Waals surface area contributed by atoms with Crippen molar-refractivity contribution in [1.29, 1.82) is 0 Å². The van der Waals surface area contributed by atoms with Gasteiger partial charge >= 0.3 is 5.97 Å². The molecule has 32 heavy (non-hydrogen) atoms. The van der Waals surface area contributed by atoms with Crippen LogP contribution in [0.2, 0.25) is 0 Å². The van der Waals surface area contributed by atoms with Crippen LogP contribution in [-0.2, 0) is 27.5 Å². The molecule has 2 N–H and O–H groups in total. The molecular weight excluding hydrogens is 430 g/mol. The number of aromatic nitrogens is 2. The van der Waals surface area contributed by atoms with Crippen molar-refractivity contribution in [3.05, 3.63) is 60.2 Å². The predicted octanol–water partition coefficient (Wildman–Crippen LogP) is 1.11. The van der Waals surface area contributed by atoms with E-state index < -0.39 is 22.8 Å². The summed E-state index contributed by atoms with van der Waals surface area (Å²) >= 11 is 1.41. The fourth-order valence-corrected chi connectivity index (χ4v) is 5.80. The molecule has 0 radical (unpaired) electrons. The van der Waals surface area contributed by atoms with Gasteiger partial charge in [-0.25, -0.2) is 4.79 Å². The Morgan fingerprint density at radius 3 is 2.22 bits per heavy atom.